The predicted octanol–water partition coefficient (Wildman–Crippen LogP) is 4.50. The molecule has 1 fully saturated rings. The number of carbonyl (C=O) groups excluding carboxylic acids is 1. The molecular formula is C18H20ClFN2O2. The molecule has 128 valence electrons. The van der Waals surface area contributed by atoms with Gasteiger partial charge in [0.1, 0.15) is 5.82 Å². The average Bonchev–Trinajstić information content (AvgIpc) is 3.18. The van der Waals surface area contributed by atoms with Gasteiger partial charge >= 0.3 is 0 Å². The fourth-order valence-electron chi connectivity index (χ4n) is 3.05. The van der Waals surface area contributed by atoms with Crippen molar-refractivity contribution >= 4 is 17.5 Å². The molecule has 1 amide bonds. The average molecular weight is 351 g/mol. The fourth-order valence-corrected chi connectivity index (χ4v) is 3.28. The van der Waals surface area contributed by atoms with Gasteiger partial charge in [-0.3, -0.25) is 4.79 Å². The van der Waals surface area contributed by atoms with Gasteiger partial charge in [0.15, 0.2) is 5.76 Å². The molecule has 0 bridgehead atoms. The zero-order chi connectivity index (χ0) is 17.3. The van der Waals surface area contributed by atoms with Crippen LogP contribution in [0.2, 0.25) is 5.02 Å². The molecule has 2 heterocycles. The Morgan fingerprint density at radius 3 is 2.96 bits per heavy atom. The Bertz CT molecular complexity index is 724. The van der Waals surface area contributed by atoms with Gasteiger partial charge in [-0.1, -0.05) is 36.7 Å². The third-order valence-corrected chi connectivity index (χ3v) is 4.78. The summed E-state index contributed by atoms with van der Waals surface area (Å²) in [5.41, 5.74) is 1.12. The molecule has 0 spiro atoms. The van der Waals surface area contributed by atoms with Crippen molar-refractivity contribution in [2.24, 2.45) is 0 Å². The molecule has 2 aromatic rings. The van der Waals surface area contributed by atoms with Crippen molar-refractivity contribution in [1.29, 1.82) is 0 Å². The third-order valence-electron chi connectivity index (χ3n) is 4.43. The van der Waals surface area contributed by atoms with Gasteiger partial charge in [-0.05, 0) is 30.9 Å². The van der Waals surface area contributed by atoms with Crippen molar-refractivity contribution in [2.45, 2.75) is 45.1 Å². The molecule has 3 rings (SSSR count). The maximum Gasteiger partial charge on any atom is 0.227 e. The molecule has 1 aliphatic heterocycles. The van der Waals surface area contributed by atoms with Crippen molar-refractivity contribution in [3.63, 3.8) is 0 Å². The van der Waals surface area contributed by atoms with E-state index in [9.17, 15) is 9.18 Å². The van der Waals surface area contributed by atoms with E-state index in [1.165, 1.54) is 12.1 Å². The van der Waals surface area contributed by atoms with E-state index in [4.69, 9.17) is 16.1 Å². The summed E-state index contributed by atoms with van der Waals surface area (Å²) < 4.78 is 19.4. The maximum atomic E-state index is 13.9. The number of amides is 1. The fraction of sp³-hybridized carbons (Fsp3) is 0.444. The van der Waals surface area contributed by atoms with Gasteiger partial charge < -0.3 is 9.42 Å². The summed E-state index contributed by atoms with van der Waals surface area (Å²) in [4.78, 5) is 14.4. The molecule has 0 unspecified atom stereocenters. The third kappa shape index (κ3) is 3.31. The first-order chi connectivity index (χ1) is 11.5. The highest BCUT2D eigenvalue weighted by Gasteiger charge is 2.33. The summed E-state index contributed by atoms with van der Waals surface area (Å²) in [7, 11) is 0. The van der Waals surface area contributed by atoms with Crippen molar-refractivity contribution in [2.75, 3.05) is 6.54 Å². The van der Waals surface area contributed by atoms with Crippen molar-refractivity contribution in [3.8, 4) is 0 Å². The van der Waals surface area contributed by atoms with Crippen LogP contribution in [0, 0.1) is 5.82 Å². The lowest BCUT2D eigenvalue weighted by atomic mass is 10.1. The van der Waals surface area contributed by atoms with Gasteiger partial charge in [-0.2, -0.15) is 0 Å². The van der Waals surface area contributed by atoms with Crippen LogP contribution in [0.3, 0.4) is 0 Å². The van der Waals surface area contributed by atoms with E-state index in [0.717, 1.165) is 18.5 Å². The zero-order valence-corrected chi connectivity index (χ0v) is 14.5. The number of nitrogens with zero attached hydrogens (tertiary/aromatic N) is 2. The van der Waals surface area contributed by atoms with Crippen molar-refractivity contribution < 1.29 is 13.7 Å². The monoisotopic (exact) mass is 350 g/mol. The Labute approximate surface area is 145 Å². The summed E-state index contributed by atoms with van der Waals surface area (Å²) >= 11 is 6.03. The predicted molar refractivity (Wildman–Crippen MR) is 89.4 cm³/mol. The number of rotatable bonds is 4. The number of aromatic nitrogens is 1. The highest BCUT2D eigenvalue weighted by molar-refractivity contribution is 6.31. The van der Waals surface area contributed by atoms with Crippen molar-refractivity contribution in [1.82, 2.24) is 10.1 Å². The second-order valence-electron chi connectivity index (χ2n) is 6.43. The van der Waals surface area contributed by atoms with Gasteiger partial charge in [0, 0.05) is 23.2 Å². The molecular weight excluding hydrogens is 331 g/mol. The standard InChI is InChI=1S/C18H20ClFN2O2/c1-11(2)15-10-17(24-21-15)16-7-4-8-22(16)18(23)9-12-13(19)5-3-6-14(12)20/h3,5-6,10-11,16H,4,7-9H2,1-2H3/t16-/m0/s1. The quantitative estimate of drug-likeness (QED) is 0.815. The lowest BCUT2D eigenvalue weighted by Gasteiger charge is -2.23. The number of halogens is 2. The van der Waals surface area contributed by atoms with Crippen LogP contribution in [0.4, 0.5) is 4.39 Å². The Kier molecular flexibility index (Phi) is 4.90. The minimum atomic E-state index is -0.451. The van der Waals surface area contributed by atoms with Gasteiger partial charge in [-0.25, -0.2) is 4.39 Å². The van der Waals surface area contributed by atoms with Crippen LogP contribution in [0.5, 0.6) is 0 Å². The molecule has 1 aromatic heterocycles. The number of benzene rings is 1. The molecule has 24 heavy (non-hydrogen) atoms. The van der Waals surface area contributed by atoms with Crippen LogP contribution in [-0.2, 0) is 11.2 Å². The molecule has 4 nitrogen and oxygen atoms in total. The zero-order valence-electron chi connectivity index (χ0n) is 13.8. The van der Waals surface area contributed by atoms with Crippen LogP contribution < -0.4 is 0 Å². The van der Waals surface area contributed by atoms with Gasteiger partial charge in [-0.15, -0.1) is 0 Å². The first-order valence-corrected chi connectivity index (χ1v) is 8.54. The molecule has 1 aliphatic rings. The SMILES string of the molecule is CC(C)c1cc([C@@H]2CCCN2C(=O)Cc2c(F)cccc2Cl)on1. The van der Waals surface area contributed by atoms with Crippen molar-refractivity contribution in [3.05, 3.63) is 52.1 Å². The highest BCUT2D eigenvalue weighted by Crippen LogP contribution is 2.34. The Hall–Kier alpha value is -1.88. The molecule has 0 N–H and O–H groups in total. The summed E-state index contributed by atoms with van der Waals surface area (Å²) in [6.07, 6.45) is 1.66. The van der Waals surface area contributed by atoms with Gasteiger partial charge in [0.2, 0.25) is 5.91 Å². The van der Waals surface area contributed by atoms with E-state index in [1.54, 1.807) is 11.0 Å². The molecule has 0 radical (unpaired) electrons. The first kappa shape index (κ1) is 17.0. The van der Waals surface area contributed by atoms with E-state index in [-0.39, 0.29) is 34.9 Å². The van der Waals surface area contributed by atoms with E-state index in [0.29, 0.717) is 12.3 Å². The Morgan fingerprint density at radius 2 is 2.29 bits per heavy atom. The largest absolute Gasteiger partial charge is 0.359 e. The van der Waals surface area contributed by atoms with Gasteiger partial charge in [0.25, 0.3) is 0 Å². The molecule has 0 saturated carbocycles. The van der Waals surface area contributed by atoms with Crippen LogP contribution >= 0.6 is 11.6 Å². The number of hydrogen-bond donors (Lipinski definition) is 0. The number of hydrogen-bond acceptors (Lipinski definition) is 3. The minimum Gasteiger partial charge on any atom is -0.359 e. The minimum absolute atomic E-state index is 0.0484. The second-order valence-corrected chi connectivity index (χ2v) is 6.84. The van der Waals surface area contributed by atoms with E-state index in [1.807, 2.05) is 19.9 Å². The second kappa shape index (κ2) is 6.93. The Balaban J connectivity index is 1.78. The lowest BCUT2D eigenvalue weighted by molar-refractivity contribution is -0.131. The van der Waals surface area contributed by atoms with E-state index < -0.39 is 5.82 Å². The van der Waals surface area contributed by atoms with Crippen LogP contribution in [0.25, 0.3) is 0 Å². The van der Waals surface area contributed by atoms with Gasteiger partial charge in [0.05, 0.1) is 18.2 Å². The van der Waals surface area contributed by atoms with Crippen LogP contribution in [0.15, 0.2) is 28.8 Å². The normalized spacial score (nSPS) is 17.7. The number of likely N-dealkylation sites (tertiary alicyclic amines) is 1. The summed E-state index contributed by atoms with van der Waals surface area (Å²) in [6, 6.07) is 6.23. The van der Waals surface area contributed by atoms with Crippen LogP contribution in [0.1, 0.15) is 55.7 Å². The first-order valence-electron chi connectivity index (χ1n) is 8.16. The summed E-state index contributed by atoms with van der Waals surface area (Å²) in [6.45, 7) is 4.71. The lowest BCUT2D eigenvalue weighted by Crippen LogP contribution is -2.32. The van der Waals surface area contributed by atoms with E-state index in [2.05, 4.69) is 5.16 Å². The van der Waals surface area contributed by atoms with E-state index >= 15 is 0 Å². The number of carbonyl (C=O) groups is 1. The maximum absolute atomic E-state index is 13.9. The smallest absolute Gasteiger partial charge is 0.227 e. The topological polar surface area (TPSA) is 46.3 Å². The summed E-state index contributed by atoms with van der Waals surface area (Å²) in [5.74, 6) is 0.370. The van der Waals surface area contributed by atoms with Crippen LogP contribution in [-0.4, -0.2) is 22.5 Å². The molecule has 6 heteroatoms. The molecule has 1 aromatic carbocycles. The molecule has 0 aliphatic carbocycles. The summed E-state index contributed by atoms with van der Waals surface area (Å²) in [5, 5.41) is 4.35. The highest BCUT2D eigenvalue weighted by atomic mass is 35.5. The molecule has 1 saturated heterocycles. The Morgan fingerprint density at radius 1 is 1.50 bits per heavy atom. The molecule has 1 atom stereocenters.